The maximum Gasteiger partial charge on any atom is 0.153 e. The summed E-state index contributed by atoms with van der Waals surface area (Å²) in [5, 5.41) is 8.21. The summed E-state index contributed by atoms with van der Waals surface area (Å²) in [5.41, 5.74) is 11.9. The predicted molar refractivity (Wildman–Crippen MR) is 130 cm³/mol. The number of fused-ring (bicyclic) bond motifs is 1. The second-order valence-electron chi connectivity index (χ2n) is 7.76. The second-order valence-corrected chi connectivity index (χ2v) is 7.76. The molecule has 0 aliphatic carbocycles. The third-order valence-corrected chi connectivity index (χ3v) is 5.42. The number of para-hydroxylation sites is 1. The van der Waals surface area contributed by atoms with Crippen LogP contribution in [0.25, 0.3) is 33.3 Å². The van der Waals surface area contributed by atoms with Crippen molar-refractivity contribution in [1.82, 2.24) is 15.2 Å². The van der Waals surface area contributed by atoms with Crippen LogP contribution >= 0.6 is 0 Å². The Morgan fingerprint density at radius 2 is 1.47 bits per heavy atom. The highest BCUT2D eigenvalue weighted by molar-refractivity contribution is 6.06. The van der Waals surface area contributed by atoms with Crippen molar-refractivity contribution in [3.63, 3.8) is 0 Å². The number of pyridine rings is 1. The molecular formula is C26H23N5O. The molecule has 0 unspecified atom stereocenters. The number of nitrogen functional groups attached to an aromatic ring is 1. The van der Waals surface area contributed by atoms with E-state index < -0.39 is 0 Å². The van der Waals surface area contributed by atoms with Gasteiger partial charge in [-0.2, -0.15) is 5.10 Å². The Hall–Kier alpha value is -4.32. The summed E-state index contributed by atoms with van der Waals surface area (Å²) < 4.78 is 5.91. The molecule has 3 N–H and O–H groups in total. The average Bonchev–Trinajstić information content (AvgIpc) is 3.22. The molecule has 0 saturated carbocycles. The van der Waals surface area contributed by atoms with E-state index in [0.29, 0.717) is 5.82 Å². The van der Waals surface area contributed by atoms with Crippen molar-refractivity contribution >= 4 is 22.4 Å². The maximum atomic E-state index is 6.26. The van der Waals surface area contributed by atoms with Gasteiger partial charge < -0.3 is 15.4 Å². The topological polar surface area (TPSA) is 80.1 Å². The Balaban J connectivity index is 1.51. The Labute approximate surface area is 186 Å². The van der Waals surface area contributed by atoms with Gasteiger partial charge in [0.25, 0.3) is 0 Å². The quantitative estimate of drug-likeness (QED) is 0.379. The van der Waals surface area contributed by atoms with Crippen LogP contribution in [0, 0.1) is 0 Å². The van der Waals surface area contributed by atoms with Gasteiger partial charge in [-0.05, 0) is 42.0 Å². The number of nitrogens with one attached hydrogen (secondary N) is 1. The van der Waals surface area contributed by atoms with Gasteiger partial charge >= 0.3 is 0 Å². The molecule has 0 fully saturated rings. The highest BCUT2D eigenvalue weighted by Gasteiger charge is 2.16. The molecule has 0 radical (unpaired) electrons. The SMILES string of the molecule is CN(C)c1ccc(-c2ncc(-c3ccc(Oc4ccccc4)cc3)c3c(N)n[nH]c23)cc1. The summed E-state index contributed by atoms with van der Waals surface area (Å²) >= 11 is 0. The van der Waals surface area contributed by atoms with Crippen LogP contribution in [0.1, 0.15) is 0 Å². The largest absolute Gasteiger partial charge is 0.457 e. The van der Waals surface area contributed by atoms with Gasteiger partial charge in [0.05, 0.1) is 16.6 Å². The van der Waals surface area contributed by atoms with Crippen molar-refractivity contribution in [3.8, 4) is 33.9 Å². The zero-order valence-corrected chi connectivity index (χ0v) is 17.9. The van der Waals surface area contributed by atoms with Gasteiger partial charge in [0.2, 0.25) is 0 Å². The standard InChI is InChI=1S/C26H23N5O/c1-31(2)19-12-8-18(9-13-19)24-25-23(26(27)30-29-25)22(16-28-24)17-10-14-21(15-11-17)32-20-6-4-3-5-7-20/h3-16H,1-2H3,(H3,27,29,30). The van der Waals surface area contributed by atoms with Crippen LogP contribution in [0.5, 0.6) is 11.5 Å². The van der Waals surface area contributed by atoms with Crippen molar-refractivity contribution in [2.45, 2.75) is 0 Å². The average molecular weight is 422 g/mol. The number of nitrogens with two attached hydrogens (primary N) is 1. The number of benzene rings is 3. The lowest BCUT2D eigenvalue weighted by atomic mass is 10.0. The number of rotatable bonds is 5. The van der Waals surface area contributed by atoms with Crippen LogP contribution in [0.3, 0.4) is 0 Å². The van der Waals surface area contributed by atoms with Crippen LogP contribution in [0.2, 0.25) is 0 Å². The summed E-state index contributed by atoms with van der Waals surface area (Å²) in [5.74, 6) is 2.02. The third-order valence-electron chi connectivity index (χ3n) is 5.42. The van der Waals surface area contributed by atoms with Gasteiger partial charge in [-0.1, -0.05) is 42.5 Å². The number of nitrogens with zero attached hydrogens (tertiary/aromatic N) is 3. The lowest BCUT2D eigenvalue weighted by Crippen LogP contribution is -2.07. The molecule has 32 heavy (non-hydrogen) atoms. The lowest BCUT2D eigenvalue weighted by molar-refractivity contribution is 0.483. The van der Waals surface area contributed by atoms with Gasteiger partial charge in [0.15, 0.2) is 5.82 Å². The van der Waals surface area contributed by atoms with Gasteiger partial charge in [0, 0.05) is 37.1 Å². The van der Waals surface area contributed by atoms with Gasteiger partial charge in [-0.15, -0.1) is 0 Å². The third kappa shape index (κ3) is 3.63. The Bertz CT molecular complexity index is 1360. The van der Waals surface area contributed by atoms with E-state index >= 15 is 0 Å². The van der Waals surface area contributed by atoms with Crippen LogP contribution in [-0.4, -0.2) is 29.3 Å². The molecule has 0 spiro atoms. The normalized spacial score (nSPS) is 10.9. The first-order valence-corrected chi connectivity index (χ1v) is 10.3. The van der Waals surface area contributed by atoms with Crippen LogP contribution in [0.15, 0.2) is 85.1 Å². The zero-order valence-electron chi connectivity index (χ0n) is 17.9. The number of ether oxygens (including phenoxy) is 1. The smallest absolute Gasteiger partial charge is 0.153 e. The van der Waals surface area contributed by atoms with Crippen molar-refractivity contribution in [1.29, 1.82) is 0 Å². The monoisotopic (exact) mass is 421 g/mol. The molecule has 2 aromatic heterocycles. The summed E-state index contributed by atoms with van der Waals surface area (Å²) in [6.45, 7) is 0. The van der Waals surface area contributed by atoms with E-state index in [-0.39, 0.29) is 0 Å². The first-order chi connectivity index (χ1) is 15.6. The van der Waals surface area contributed by atoms with E-state index in [1.54, 1.807) is 0 Å². The number of H-pyrrole nitrogens is 1. The summed E-state index contributed by atoms with van der Waals surface area (Å²) in [7, 11) is 4.04. The fourth-order valence-corrected chi connectivity index (χ4v) is 3.74. The molecule has 0 atom stereocenters. The van der Waals surface area contributed by atoms with E-state index in [2.05, 4.69) is 39.4 Å². The molecule has 0 bridgehead atoms. The van der Waals surface area contributed by atoms with E-state index in [0.717, 1.165) is 50.5 Å². The highest BCUT2D eigenvalue weighted by atomic mass is 16.5. The molecular weight excluding hydrogens is 398 g/mol. The minimum absolute atomic E-state index is 0.452. The van der Waals surface area contributed by atoms with Crippen molar-refractivity contribution in [3.05, 3.63) is 85.1 Å². The highest BCUT2D eigenvalue weighted by Crippen LogP contribution is 2.36. The minimum atomic E-state index is 0.452. The predicted octanol–water partition coefficient (Wildman–Crippen LogP) is 5.73. The number of aromatic amines is 1. The number of aromatic nitrogens is 3. The van der Waals surface area contributed by atoms with Crippen LogP contribution < -0.4 is 15.4 Å². The molecule has 0 amide bonds. The molecule has 6 heteroatoms. The number of hydrogen-bond acceptors (Lipinski definition) is 5. The summed E-state index contributed by atoms with van der Waals surface area (Å²) in [4.78, 5) is 6.82. The summed E-state index contributed by atoms with van der Waals surface area (Å²) in [6.07, 6.45) is 1.86. The lowest BCUT2D eigenvalue weighted by Gasteiger charge is -2.13. The van der Waals surface area contributed by atoms with Crippen LogP contribution in [-0.2, 0) is 0 Å². The minimum Gasteiger partial charge on any atom is -0.457 e. The number of hydrogen-bond donors (Lipinski definition) is 2. The van der Waals surface area contributed by atoms with Gasteiger partial charge in [-0.25, -0.2) is 0 Å². The molecule has 0 saturated heterocycles. The van der Waals surface area contributed by atoms with E-state index in [4.69, 9.17) is 15.5 Å². The van der Waals surface area contributed by atoms with E-state index in [1.165, 1.54) is 0 Å². The van der Waals surface area contributed by atoms with Crippen molar-refractivity contribution in [2.24, 2.45) is 0 Å². The van der Waals surface area contributed by atoms with E-state index in [9.17, 15) is 0 Å². The second kappa shape index (κ2) is 8.07. The first kappa shape index (κ1) is 19.6. The van der Waals surface area contributed by atoms with Gasteiger partial charge in [0.1, 0.15) is 11.5 Å². The van der Waals surface area contributed by atoms with Gasteiger partial charge in [-0.3, -0.25) is 10.1 Å². The Kier molecular flexibility index (Phi) is 4.95. The molecule has 5 aromatic rings. The molecule has 0 aliphatic heterocycles. The number of anilines is 2. The van der Waals surface area contributed by atoms with E-state index in [1.807, 2.05) is 74.9 Å². The molecule has 0 aliphatic rings. The maximum absolute atomic E-state index is 6.26. The molecule has 6 nitrogen and oxygen atoms in total. The summed E-state index contributed by atoms with van der Waals surface area (Å²) in [6, 6.07) is 25.9. The van der Waals surface area contributed by atoms with Crippen molar-refractivity contribution < 1.29 is 4.74 Å². The fraction of sp³-hybridized carbons (Fsp3) is 0.0769. The fourth-order valence-electron chi connectivity index (χ4n) is 3.74. The molecule has 5 rings (SSSR count). The van der Waals surface area contributed by atoms with Crippen LogP contribution in [0.4, 0.5) is 11.5 Å². The first-order valence-electron chi connectivity index (χ1n) is 10.3. The zero-order chi connectivity index (χ0) is 22.1. The Morgan fingerprint density at radius 1 is 0.812 bits per heavy atom. The molecule has 3 aromatic carbocycles. The molecule has 2 heterocycles. The van der Waals surface area contributed by atoms with Crippen molar-refractivity contribution in [2.75, 3.05) is 24.7 Å². The Morgan fingerprint density at radius 3 is 2.16 bits per heavy atom. The molecule has 158 valence electrons.